The Balaban J connectivity index is 4.07. The van der Waals surface area contributed by atoms with Gasteiger partial charge in [-0.1, -0.05) is 27.7 Å². The lowest BCUT2D eigenvalue weighted by atomic mass is 9.95. The molecule has 0 aromatic rings. The average Bonchev–Trinajstić information content (AvgIpc) is 1.99. The summed E-state index contributed by atoms with van der Waals surface area (Å²) in [5.74, 6) is -1.09. The van der Waals surface area contributed by atoms with Gasteiger partial charge < -0.3 is 4.90 Å². The van der Waals surface area contributed by atoms with Gasteiger partial charge in [-0.3, -0.25) is 0 Å². The van der Waals surface area contributed by atoms with Crippen LogP contribution in [0, 0.1) is 17.8 Å². The molecule has 0 bridgehead atoms. The first kappa shape index (κ1) is 14.8. The first-order chi connectivity index (χ1) is 6.64. The molecule has 0 fully saturated rings. The molecule has 0 saturated carbocycles. The van der Waals surface area contributed by atoms with Crippen LogP contribution in [0.3, 0.4) is 0 Å². The van der Waals surface area contributed by atoms with Crippen LogP contribution < -0.4 is 0 Å². The summed E-state index contributed by atoms with van der Waals surface area (Å²) in [4.78, 5) is 1.97. The van der Waals surface area contributed by atoms with Gasteiger partial charge in [-0.15, -0.1) is 0 Å². The molecule has 0 aliphatic carbocycles. The second kappa shape index (κ2) is 5.73. The molecular formula is C11H22F3N. The SMILES string of the molecule is CC(C)CN(C)CC(C)C(C)C(F)(F)F. The second-order valence-electron chi connectivity index (χ2n) is 4.92. The van der Waals surface area contributed by atoms with Crippen molar-refractivity contribution in [3.05, 3.63) is 0 Å². The Labute approximate surface area is 90.6 Å². The molecule has 2 unspecified atom stereocenters. The highest BCUT2D eigenvalue weighted by atomic mass is 19.4. The van der Waals surface area contributed by atoms with Crippen LogP contribution in [-0.2, 0) is 0 Å². The topological polar surface area (TPSA) is 3.24 Å². The van der Waals surface area contributed by atoms with Crippen molar-refractivity contribution >= 4 is 0 Å². The van der Waals surface area contributed by atoms with Gasteiger partial charge in [-0.25, -0.2) is 0 Å². The predicted octanol–water partition coefficient (Wildman–Crippen LogP) is 3.41. The highest BCUT2D eigenvalue weighted by Crippen LogP contribution is 2.31. The van der Waals surface area contributed by atoms with Gasteiger partial charge in [0.2, 0.25) is 0 Å². The summed E-state index contributed by atoms with van der Waals surface area (Å²) in [6.07, 6.45) is -4.07. The second-order valence-corrected chi connectivity index (χ2v) is 4.92. The first-order valence-corrected chi connectivity index (χ1v) is 5.39. The number of hydrogen-bond donors (Lipinski definition) is 0. The lowest BCUT2D eigenvalue weighted by Crippen LogP contribution is -2.35. The molecule has 0 spiro atoms. The number of hydrogen-bond acceptors (Lipinski definition) is 1. The molecule has 92 valence electrons. The van der Waals surface area contributed by atoms with E-state index in [1.807, 2.05) is 11.9 Å². The number of alkyl halides is 3. The Bertz CT molecular complexity index is 177. The van der Waals surface area contributed by atoms with Crippen LogP contribution in [0.2, 0.25) is 0 Å². The summed E-state index contributed by atoms with van der Waals surface area (Å²) in [6, 6.07) is 0. The fraction of sp³-hybridized carbons (Fsp3) is 1.00. The van der Waals surface area contributed by atoms with E-state index in [1.54, 1.807) is 6.92 Å². The molecule has 15 heavy (non-hydrogen) atoms. The van der Waals surface area contributed by atoms with Gasteiger partial charge in [-0.05, 0) is 18.9 Å². The van der Waals surface area contributed by atoms with Gasteiger partial charge in [0.1, 0.15) is 0 Å². The monoisotopic (exact) mass is 225 g/mol. The van der Waals surface area contributed by atoms with Crippen LogP contribution in [0.1, 0.15) is 27.7 Å². The summed E-state index contributed by atoms with van der Waals surface area (Å²) in [5.41, 5.74) is 0. The summed E-state index contributed by atoms with van der Waals surface area (Å²) in [5, 5.41) is 0. The summed E-state index contributed by atoms with van der Waals surface area (Å²) >= 11 is 0. The Hall–Kier alpha value is -0.250. The minimum atomic E-state index is -4.07. The number of rotatable bonds is 5. The van der Waals surface area contributed by atoms with Crippen molar-refractivity contribution in [3.8, 4) is 0 Å². The summed E-state index contributed by atoms with van der Waals surface area (Å²) < 4.78 is 37.2. The Kier molecular flexibility index (Phi) is 5.63. The highest BCUT2D eigenvalue weighted by molar-refractivity contribution is 4.72. The van der Waals surface area contributed by atoms with Crippen molar-refractivity contribution in [2.24, 2.45) is 17.8 Å². The molecule has 0 amide bonds. The summed E-state index contributed by atoms with van der Waals surface area (Å²) in [7, 11) is 1.87. The van der Waals surface area contributed by atoms with Gasteiger partial charge >= 0.3 is 6.18 Å². The largest absolute Gasteiger partial charge is 0.391 e. The molecule has 0 radical (unpaired) electrons. The van der Waals surface area contributed by atoms with Crippen LogP contribution in [0.15, 0.2) is 0 Å². The van der Waals surface area contributed by atoms with Crippen LogP contribution >= 0.6 is 0 Å². The number of halogens is 3. The van der Waals surface area contributed by atoms with Gasteiger partial charge in [0.25, 0.3) is 0 Å². The van der Waals surface area contributed by atoms with Crippen molar-refractivity contribution in [3.63, 3.8) is 0 Å². The van der Waals surface area contributed by atoms with E-state index >= 15 is 0 Å². The molecule has 0 aromatic heterocycles. The van der Waals surface area contributed by atoms with Crippen LogP contribution in [0.4, 0.5) is 13.2 Å². The maximum atomic E-state index is 12.4. The van der Waals surface area contributed by atoms with Gasteiger partial charge in [-0.2, -0.15) is 13.2 Å². The molecule has 4 heteroatoms. The normalized spacial score (nSPS) is 17.2. The zero-order valence-electron chi connectivity index (χ0n) is 10.2. The lowest BCUT2D eigenvalue weighted by Gasteiger charge is -2.28. The van der Waals surface area contributed by atoms with E-state index in [9.17, 15) is 13.2 Å². The third-order valence-corrected chi connectivity index (χ3v) is 2.65. The fourth-order valence-electron chi connectivity index (χ4n) is 1.67. The molecular weight excluding hydrogens is 203 g/mol. The maximum Gasteiger partial charge on any atom is 0.391 e. The van der Waals surface area contributed by atoms with E-state index in [1.165, 1.54) is 6.92 Å². The minimum absolute atomic E-state index is 0.353. The number of nitrogens with zero attached hydrogens (tertiary/aromatic N) is 1. The van der Waals surface area contributed by atoms with Crippen molar-refractivity contribution in [1.82, 2.24) is 4.90 Å². The molecule has 0 rings (SSSR count). The summed E-state index contributed by atoms with van der Waals surface area (Å²) in [6.45, 7) is 8.39. The quantitative estimate of drug-likeness (QED) is 0.693. The molecule has 0 N–H and O–H groups in total. The van der Waals surface area contributed by atoms with E-state index in [2.05, 4.69) is 13.8 Å². The molecule has 0 aliphatic rings. The van der Waals surface area contributed by atoms with Crippen LogP contribution in [0.25, 0.3) is 0 Å². The van der Waals surface area contributed by atoms with Gasteiger partial charge in [0, 0.05) is 13.1 Å². The maximum absolute atomic E-state index is 12.4. The highest BCUT2D eigenvalue weighted by Gasteiger charge is 2.39. The Morgan fingerprint density at radius 3 is 1.80 bits per heavy atom. The van der Waals surface area contributed by atoms with Crippen molar-refractivity contribution in [1.29, 1.82) is 0 Å². The van der Waals surface area contributed by atoms with Gasteiger partial charge in [0.15, 0.2) is 0 Å². The zero-order valence-corrected chi connectivity index (χ0v) is 10.2. The third kappa shape index (κ3) is 6.03. The van der Waals surface area contributed by atoms with Crippen LogP contribution in [0.5, 0.6) is 0 Å². The standard InChI is InChI=1S/C11H22F3N/c1-8(2)6-15(5)7-9(3)10(4)11(12,13)14/h8-10H,6-7H2,1-5H3. The zero-order chi connectivity index (χ0) is 12.2. The average molecular weight is 225 g/mol. The van der Waals surface area contributed by atoms with E-state index in [-0.39, 0.29) is 5.92 Å². The first-order valence-electron chi connectivity index (χ1n) is 5.39. The van der Waals surface area contributed by atoms with Crippen LogP contribution in [-0.4, -0.2) is 31.2 Å². The van der Waals surface area contributed by atoms with Crippen molar-refractivity contribution in [2.45, 2.75) is 33.9 Å². The van der Waals surface area contributed by atoms with Crippen molar-refractivity contribution in [2.75, 3.05) is 20.1 Å². The smallest absolute Gasteiger partial charge is 0.306 e. The minimum Gasteiger partial charge on any atom is -0.306 e. The molecule has 0 aromatic carbocycles. The van der Waals surface area contributed by atoms with Crippen molar-refractivity contribution < 1.29 is 13.2 Å². The lowest BCUT2D eigenvalue weighted by molar-refractivity contribution is -0.183. The molecule has 1 nitrogen and oxygen atoms in total. The predicted molar refractivity (Wildman–Crippen MR) is 56.7 cm³/mol. The van der Waals surface area contributed by atoms with E-state index in [4.69, 9.17) is 0 Å². The fourth-order valence-corrected chi connectivity index (χ4v) is 1.67. The molecule has 0 saturated heterocycles. The molecule has 2 atom stereocenters. The Morgan fingerprint density at radius 2 is 1.47 bits per heavy atom. The molecule has 0 heterocycles. The van der Waals surface area contributed by atoms with Gasteiger partial charge in [0.05, 0.1) is 5.92 Å². The third-order valence-electron chi connectivity index (χ3n) is 2.65. The Morgan fingerprint density at radius 1 is 1.00 bits per heavy atom. The van der Waals surface area contributed by atoms with E-state index < -0.39 is 12.1 Å². The van der Waals surface area contributed by atoms with E-state index in [0.717, 1.165) is 6.54 Å². The van der Waals surface area contributed by atoms with E-state index in [0.29, 0.717) is 12.5 Å². The molecule has 0 aliphatic heterocycles.